The third-order valence-electron chi connectivity index (χ3n) is 8.06. The number of carbonyl (C=O) groups excluding carboxylic acids is 1. The number of rotatable bonds is 8. The third-order valence-corrected chi connectivity index (χ3v) is 8.55. The normalized spacial score (nSPS) is 45.5. The van der Waals surface area contributed by atoms with Gasteiger partial charge in [0.15, 0.2) is 0 Å². The first-order valence-electron chi connectivity index (χ1n) is 12.4. The lowest BCUT2D eigenvalue weighted by Crippen LogP contribution is -2.79. The van der Waals surface area contributed by atoms with E-state index < -0.39 is 29.9 Å². The fourth-order valence-corrected chi connectivity index (χ4v) is 6.53. The van der Waals surface area contributed by atoms with Gasteiger partial charge in [0.05, 0.1) is 24.2 Å². The molecule has 35 heavy (non-hydrogen) atoms. The Morgan fingerprint density at radius 1 is 1.11 bits per heavy atom. The van der Waals surface area contributed by atoms with E-state index in [1.54, 1.807) is 0 Å². The predicted octanol–water partition coefficient (Wildman–Crippen LogP) is 2.02. The number of hydrogen-bond donors (Lipinski definition) is 4. The highest BCUT2D eigenvalue weighted by Crippen LogP contribution is 2.69. The number of nitrogens with one attached hydrogen (secondary N) is 4. The van der Waals surface area contributed by atoms with Crippen molar-refractivity contribution in [2.45, 2.75) is 105 Å². The zero-order valence-electron chi connectivity index (χ0n) is 19.3. The van der Waals surface area contributed by atoms with Crippen molar-refractivity contribution < 1.29 is 36.7 Å². The van der Waals surface area contributed by atoms with Crippen LogP contribution in [-0.4, -0.2) is 79.6 Å². The van der Waals surface area contributed by atoms with Crippen molar-refractivity contribution in [1.82, 2.24) is 21.4 Å². The Morgan fingerprint density at radius 3 is 2.57 bits per heavy atom. The molecule has 0 aromatic carbocycles. The van der Waals surface area contributed by atoms with Crippen LogP contribution in [0.1, 0.15) is 51.4 Å². The fraction of sp³-hybridized carbons (Fsp3) is 0.955. The van der Waals surface area contributed by atoms with Crippen molar-refractivity contribution in [3.8, 4) is 0 Å². The van der Waals surface area contributed by atoms with Gasteiger partial charge in [-0.05, 0) is 51.5 Å². The van der Waals surface area contributed by atoms with Gasteiger partial charge in [-0.2, -0.15) is 18.7 Å². The molecule has 7 unspecified atom stereocenters. The monoisotopic (exact) mass is 528 g/mol. The minimum atomic E-state index is -4.27. The van der Waals surface area contributed by atoms with E-state index in [9.17, 15) is 22.4 Å². The quantitative estimate of drug-likeness (QED) is 0.283. The number of alkyl halides is 5. The molecular formula is C22H33ClF4N4O4. The Bertz CT molecular complexity index is 773. The molecule has 7 atom stereocenters. The van der Waals surface area contributed by atoms with Crippen LogP contribution in [0.2, 0.25) is 0 Å². The van der Waals surface area contributed by atoms with Gasteiger partial charge in [0, 0.05) is 17.4 Å². The van der Waals surface area contributed by atoms with Crippen molar-refractivity contribution in [3.63, 3.8) is 0 Å². The average Bonchev–Trinajstić information content (AvgIpc) is 3.23. The van der Waals surface area contributed by atoms with E-state index in [-0.39, 0.29) is 68.0 Å². The summed E-state index contributed by atoms with van der Waals surface area (Å²) in [5.41, 5.74) is 2.54. The molecule has 1 amide bonds. The molecule has 8 nitrogen and oxygen atoms in total. The SMILES string of the molecule is O=C(COC1CCC(Cl)C(F)C1)NC12CC(C3NC(COC4CCNC(C(F)(F)F)C4)NO3)(C1)C2. The summed E-state index contributed by atoms with van der Waals surface area (Å²) in [6, 6.07) is -1.53. The van der Waals surface area contributed by atoms with Gasteiger partial charge in [-0.25, -0.2) is 4.39 Å². The maximum absolute atomic E-state index is 13.7. The molecule has 6 aliphatic rings. The zero-order valence-corrected chi connectivity index (χ0v) is 20.1. The van der Waals surface area contributed by atoms with Crippen molar-refractivity contribution in [2.75, 3.05) is 19.8 Å². The van der Waals surface area contributed by atoms with Crippen LogP contribution in [0.15, 0.2) is 0 Å². The van der Waals surface area contributed by atoms with E-state index in [0.717, 1.165) is 19.3 Å². The number of ether oxygens (including phenoxy) is 2. The third kappa shape index (κ3) is 5.58. The summed E-state index contributed by atoms with van der Waals surface area (Å²) >= 11 is 5.89. The molecule has 2 heterocycles. The maximum atomic E-state index is 13.7. The molecule has 0 radical (unpaired) electrons. The van der Waals surface area contributed by atoms with Crippen molar-refractivity contribution in [1.29, 1.82) is 0 Å². The Kier molecular flexibility index (Phi) is 7.28. The molecule has 4 saturated carbocycles. The smallest absolute Gasteiger partial charge is 0.375 e. The molecule has 0 aromatic rings. The predicted molar refractivity (Wildman–Crippen MR) is 117 cm³/mol. The molecule has 4 N–H and O–H groups in total. The Labute approximate surface area is 206 Å². The number of hydrogen-bond acceptors (Lipinski definition) is 7. The highest BCUT2D eigenvalue weighted by molar-refractivity contribution is 6.21. The minimum Gasteiger partial charge on any atom is -0.375 e. The summed E-state index contributed by atoms with van der Waals surface area (Å²) in [4.78, 5) is 18.1. The molecule has 6 fully saturated rings. The van der Waals surface area contributed by atoms with Crippen LogP contribution < -0.4 is 21.4 Å². The van der Waals surface area contributed by atoms with Gasteiger partial charge >= 0.3 is 6.18 Å². The van der Waals surface area contributed by atoms with Crippen LogP contribution in [0, 0.1) is 5.41 Å². The molecule has 0 aromatic heterocycles. The topological polar surface area (TPSA) is 92.9 Å². The average molecular weight is 529 g/mol. The van der Waals surface area contributed by atoms with Crippen molar-refractivity contribution in [3.05, 3.63) is 0 Å². The lowest BCUT2D eigenvalue weighted by atomic mass is 9.38. The van der Waals surface area contributed by atoms with E-state index in [1.165, 1.54) is 0 Å². The van der Waals surface area contributed by atoms with E-state index in [1.807, 2.05) is 0 Å². The summed E-state index contributed by atoms with van der Waals surface area (Å²) in [6.07, 6.45) is -2.53. The lowest BCUT2D eigenvalue weighted by molar-refractivity contribution is -0.232. The summed E-state index contributed by atoms with van der Waals surface area (Å²) in [6.45, 7) is 0.378. The second-order valence-corrected chi connectivity index (χ2v) is 11.4. The van der Waals surface area contributed by atoms with Gasteiger partial charge in [0.2, 0.25) is 5.91 Å². The van der Waals surface area contributed by atoms with Crippen LogP contribution in [-0.2, 0) is 19.1 Å². The summed E-state index contributed by atoms with van der Waals surface area (Å²) in [5.74, 6) is -0.203. The Morgan fingerprint density at radius 2 is 1.86 bits per heavy atom. The van der Waals surface area contributed by atoms with Crippen molar-refractivity contribution >= 4 is 17.5 Å². The summed E-state index contributed by atoms with van der Waals surface area (Å²) in [5, 5.41) is 8.39. The van der Waals surface area contributed by atoms with E-state index in [0.29, 0.717) is 19.3 Å². The van der Waals surface area contributed by atoms with Crippen LogP contribution in [0.5, 0.6) is 0 Å². The molecule has 200 valence electrons. The largest absolute Gasteiger partial charge is 0.403 e. The first-order valence-corrected chi connectivity index (χ1v) is 12.8. The van der Waals surface area contributed by atoms with E-state index in [4.69, 9.17) is 25.9 Å². The summed E-state index contributed by atoms with van der Waals surface area (Å²) in [7, 11) is 0. The van der Waals surface area contributed by atoms with Gasteiger partial charge in [-0.15, -0.1) is 11.6 Å². The number of halogens is 5. The Hall–Kier alpha value is -0.760. The second-order valence-electron chi connectivity index (χ2n) is 10.9. The van der Waals surface area contributed by atoms with Crippen LogP contribution in [0.4, 0.5) is 17.6 Å². The molecule has 4 aliphatic carbocycles. The molecule has 6 rings (SSSR count). The standard InChI is InChI=1S/C22H33ClF4N4O4/c23-14-2-1-12(5-15(14)24)34-8-18(32)30-21-9-20(10-21,11-21)19-29-17(31-35-19)7-33-13-3-4-28-16(6-13)22(25,26)27/h12-17,19,28-29,31H,1-11H2,(H,30,32). The van der Waals surface area contributed by atoms with Crippen molar-refractivity contribution in [2.24, 2.45) is 5.41 Å². The molecule has 2 aliphatic heterocycles. The molecule has 2 saturated heterocycles. The molecule has 2 bridgehead atoms. The van der Waals surface area contributed by atoms with E-state index >= 15 is 0 Å². The highest BCUT2D eigenvalue weighted by Gasteiger charge is 2.72. The first kappa shape index (κ1) is 25.9. The molecule has 13 heteroatoms. The second kappa shape index (κ2) is 9.85. The molecular weight excluding hydrogens is 496 g/mol. The zero-order chi connectivity index (χ0) is 24.8. The fourth-order valence-electron chi connectivity index (χ4n) is 6.30. The molecule has 0 spiro atoms. The number of carbonyl (C=O) groups is 1. The minimum absolute atomic E-state index is 0.0911. The van der Waals surface area contributed by atoms with Crippen LogP contribution >= 0.6 is 11.6 Å². The summed E-state index contributed by atoms with van der Waals surface area (Å²) < 4.78 is 63.9. The number of hydroxylamine groups is 1. The highest BCUT2D eigenvalue weighted by atomic mass is 35.5. The van der Waals surface area contributed by atoms with Crippen LogP contribution in [0.3, 0.4) is 0 Å². The van der Waals surface area contributed by atoms with Gasteiger partial charge in [-0.1, -0.05) is 0 Å². The van der Waals surface area contributed by atoms with Gasteiger partial charge in [0.25, 0.3) is 0 Å². The Balaban J connectivity index is 0.986. The maximum Gasteiger partial charge on any atom is 0.403 e. The van der Waals surface area contributed by atoms with Gasteiger partial charge in [-0.3, -0.25) is 14.9 Å². The first-order chi connectivity index (χ1) is 16.6. The van der Waals surface area contributed by atoms with E-state index in [2.05, 4.69) is 21.4 Å². The lowest BCUT2D eigenvalue weighted by Gasteiger charge is -2.71. The number of piperidine rings is 1. The number of amides is 1. The van der Waals surface area contributed by atoms with Gasteiger partial charge in [0.1, 0.15) is 31.2 Å². The van der Waals surface area contributed by atoms with Gasteiger partial charge < -0.3 is 20.1 Å². The van der Waals surface area contributed by atoms with Crippen LogP contribution in [0.25, 0.3) is 0 Å².